The van der Waals surface area contributed by atoms with Crippen LogP contribution in [0.5, 0.6) is 0 Å². The van der Waals surface area contributed by atoms with Gasteiger partial charge in [0.05, 0.1) is 29.2 Å². The Balaban J connectivity index is 1.65. The van der Waals surface area contributed by atoms with Crippen LogP contribution in [0.4, 0.5) is 10.5 Å². The molecule has 2 aliphatic heterocycles. The van der Waals surface area contributed by atoms with E-state index in [1.54, 1.807) is 62.7 Å². The van der Waals surface area contributed by atoms with Gasteiger partial charge in [-0.25, -0.2) is 4.79 Å². The third kappa shape index (κ3) is 6.76. The highest BCUT2D eigenvalue weighted by Gasteiger charge is 2.37. The molecule has 0 spiro atoms. The second-order valence-corrected chi connectivity index (χ2v) is 12.3. The number of carbonyl (C=O) groups is 4. The van der Waals surface area contributed by atoms with E-state index in [0.717, 1.165) is 0 Å². The topological polar surface area (TPSA) is 112 Å². The molecular weight excluding hydrogens is 569 g/mol. The van der Waals surface area contributed by atoms with Crippen LogP contribution in [0, 0.1) is 6.92 Å². The zero-order valence-corrected chi connectivity index (χ0v) is 25.6. The quantitative estimate of drug-likeness (QED) is 0.506. The number of pyridine rings is 1. The van der Waals surface area contributed by atoms with E-state index in [0.29, 0.717) is 63.3 Å². The lowest BCUT2D eigenvalue weighted by Crippen LogP contribution is -2.38. The third-order valence-electron chi connectivity index (χ3n) is 7.01. The normalized spacial score (nSPS) is 16.6. The van der Waals surface area contributed by atoms with Crippen LogP contribution in [0.2, 0.25) is 10.0 Å². The number of likely N-dealkylation sites (tertiary alicyclic amines) is 1. The van der Waals surface area contributed by atoms with Gasteiger partial charge in [-0.3, -0.25) is 24.3 Å². The smallest absolute Gasteiger partial charge is 0.414 e. The van der Waals surface area contributed by atoms with E-state index in [4.69, 9.17) is 32.9 Å². The minimum atomic E-state index is -0.738. The van der Waals surface area contributed by atoms with Crippen molar-refractivity contribution in [2.45, 2.75) is 65.6 Å². The van der Waals surface area contributed by atoms with Gasteiger partial charge in [-0.1, -0.05) is 29.3 Å². The molecule has 2 aromatic rings. The number of fused-ring (bicyclic) bond motifs is 1. The minimum Gasteiger partial charge on any atom is -0.443 e. The summed E-state index contributed by atoms with van der Waals surface area (Å²) >= 11 is 12.8. The molecule has 3 heterocycles. The van der Waals surface area contributed by atoms with Crippen LogP contribution in [0.15, 0.2) is 18.2 Å². The first-order valence-corrected chi connectivity index (χ1v) is 14.2. The van der Waals surface area contributed by atoms with Crippen molar-refractivity contribution in [3.8, 4) is 11.1 Å². The highest BCUT2D eigenvalue weighted by Crippen LogP contribution is 2.44. The molecule has 41 heavy (non-hydrogen) atoms. The Morgan fingerprint density at radius 1 is 1.20 bits per heavy atom. The monoisotopic (exact) mass is 603 g/mol. The lowest BCUT2D eigenvalue weighted by atomic mass is 9.95. The molecule has 4 amide bonds. The molecule has 4 rings (SSSR count). The summed E-state index contributed by atoms with van der Waals surface area (Å²) in [5.74, 6) is -0.518. The van der Waals surface area contributed by atoms with Crippen molar-refractivity contribution >= 4 is 52.7 Å². The maximum absolute atomic E-state index is 13.9. The van der Waals surface area contributed by atoms with Crippen LogP contribution < -0.4 is 10.2 Å². The summed E-state index contributed by atoms with van der Waals surface area (Å²) in [7, 11) is 1.57. The van der Waals surface area contributed by atoms with Crippen LogP contribution >= 0.6 is 23.2 Å². The Bertz CT molecular complexity index is 1410. The molecule has 1 saturated heterocycles. The number of hydrogen-bond acceptors (Lipinski definition) is 6. The Labute approximate surface area is 249 Å². The van der Waals surface area contributed by atoms with Crippen LogP contribution in [-0.4, -0.2) is 76.9 Å². The Kier molecular flexibility index (Phi) is 8.84. The van der Waals surface area contributed by atoms with Gasteiger partial charge in [0.15, 0.2) is 0 Å². The number of ether oxygens (including phenoxy) is 1. The van der Waals surface area contributed by atoms with Crippen molar-refractivity contribution < 1.29 is 23.9 Å². The van der Waals surface area contributed by atoms with E-state index in [9.17, 15) is 19.2 Å². The van der Waals surface area contributed by atoms with Crippen LogP contribution in [0.1, 0.15) is 62.3 Å². The van der Waals surface area contributed by atoms with Gasteiger partial charge in [0.2, 0.25) is 11.8 Å². The molecule has 12 heteroatoms. The number of amides is 4. The summed E-state index contributed by atoms with van der Waals surface area (Å²) in [6.45, 7) is 9.95. The second-order valence-electron chi connectivity index (χ2n) is 11.4. The lowest BCUT2D eigenvalue weighted by molar-refractivity contribution is -0.130. The second kappa shape index (κ2) is 11.9. The molecule has 1 aromatic carbocycles. The number of carbonyl (C=O) groups excluding carboxylic acids is 4. The fraction of sp³-hybridized carbons (Fsp3) is 0.483. The summed E-state index contributed by atoms with van der Waals surface area (Å²) in [5.41, 5.74) is 2.02. The van der Waals surface area contributed by atoms with Crippen LogP contribution in [0.25, 0.3) is 11.1 Å². The van der Waals surface area contributed by atoms with E-state index < -0.39 is 11.7 Å². The number of rotatable bonds is 6. The molecule has 0 saturated carbocycles. The van der Waals surface area contributed by atoms with Gasteiger partial charge in [0.25, 0.3) is 5.91 Å². The average molecular weight is 605 g/mol. The van der Waals surface area contributed by atoms with E-state index in [2.05, 4.69) is 5.32 Å². The van der Waals surface area contributed by atoms with E-state index in [1.165, 1.54) is 11.8 Å². The zero-order chi connectivity index (χ0) is 30.2. The van der Waals surface area contributed by atoms with E-state index >= 15 is 0 Å². The molecule has 220 valence electrons. The summed E-state index contributed by atoms with van der Waals surface area (Å²) in [6.07, 6.45) is 0.222. The first-order valence-electron chi connectivity index (χ1n) is 13.5. The van der Waals surface area contributed by atoms with Crippen molar-refractivity contribution in [1.82, 2.24) is 20.1 Å². The molecule has 0 bridgehead atoms. The van der Waals surface area contributed by atoms with Gasteiger partial charge >= 0.3 is 6.09 Å². The number of benzene rings is 1. The number of halogens is 2. The molecule has 1 N–H and O–H groups in total. The van der Waals surface area contributed by atoms with Gasteiger partial charge in [-0.2, -0.15) is 0 Å². The molecular formula is C29H35Cl2N5O5. The first-order chi connectivity index (χ1) is 19.2. The van der Waals surface area contributed by atoms with Crippen molar-refractivity contribution in [1.29, 1.82) is 0 Å². The molecule has 0 radical (unpaired) electrons. The standard InChI is InChI=1S/C29H35Cl2N5O5/c1-16-26(34(6)28(40)41-29(3,4)5)24(20-8-7-18(30)13-21(20)31)25-22(32-16)15-36(27(25)39)12-10-23(38)35-11-9-19(14-35)33-17(2)37/h7-8,13,19H,9-12,14-15H2,1-6H3,(H,33,37)/t19-/m0/s1. The molecule has 1 atom stereocenters. The van der Waals surface area contributed by atoms with Crippen LogP contribution in [0.3, 0.4) is 0 Å². The number of anilines is 1. The fourth-order valence-corrected chi connectivity index (χ4v) is 5.76. The Morgan fingerprint density at radius 3 is 2.54 bits per heavy atom. The van der Waals surface area contributed by atoms with Gasteiger partial charge in [0, 0.05) is 67.2 Å². The molecule has 0 unspecified atom stereocenters. The van der Waals surface area contributed by atoms with Gasteiger partial charge < -0.3 is 19.9 Å². The zero-order valence-electron chi connectivity index (χ0n) is 24.1. The van der Waals surface area contributed by atoms with E-state index in [1.807, 2.05) is 0 Å². The largest absolute Gasteiger partial charge is 0.443 e. The number of nitrogens with one attached hydrogen (secondary N) is 1. The minimum absolute atomic E-state index is 0.0617. The fourth-order valence-electron chi connectivity index (χ4n) is 5.26. The number of aryl methyl sites for hydroxylation is 1. The van der Waals surface area contributed by atoms with Crippen molar-refractivity contribution in [2.75, 3.05) is 31.6 Å². The highest BCUT2D eigenvalue weighted by molar-refractivity contribution is 6.37. The highest BCUT2D eigenvalue weighted by atomic mass is 35.5. The van der Waals surface area contributed by atoms with Crippen molar-refractivity contribution in [3.05, 3.63) is 45.2 Å². The first kappa shape index (κ1) is 30.6. The SMILES string of the molecule is CC(=O)N[C@H]1CCN(C(=O)CCN2Cc3nc(C)c(N(C)C(=O)OC(C)(C)C)c(-c4ccc(Cl)cc4Cl)c3C2=O)C1. The maximum atomic E-state index is 13.9. The van der Waals surface area contributed by atoms with Crippen LogP contribution in [-0.2, 0) is 20.9 Å². The third-order valence-corrected chi connectivity index (χ3v) is 7.56. The van der Waals surface area contributed by atoms with Crippen molar-refractivity contribution in [2.24, 2.45) is 0 Å². The molecule has 1 fully saturated rings. The van der Waals surface area contributed by atoms with E-state index in [-0.39, 0.29) is 43.3 Å². The number of hydrogen-bond donors (Lipinski definition) is 1. The van der Waals surface area contributed by atoms with Gasteiger partial charge in [-0.05, 0) is 46.2 Å². The molecule has 0 aliphatic carbocycles. The maximum Gasteiger partial charge on any atom is 0.414 e. The molecule has 1 aromatic heterocycles. The van der Waals surface area contributed by atoms with Gasteiger partial charge in [0.1, 0.15) is 5.60 Å². The Morgan fingerprint density at radius 2 is 1.90 bits per heavy atom. The van der Waals surface area contributed by atoms with Crippen molar-refractivity contribution in [3.63, 3.8) is 0 Å². The summed E-state index contributed by atoms with van der Waals surface area (Å²) < 4.78 is 5.60. The Hall–Kier alpha value is -3.37. The van der Waals surface area contributed by atoms with Gasteiger partial charge in [-0.15, -0.1) is 0 Å². The number of aromatic nitrogens is 1. The number of nitrogens with zero attached hydrogens (tertiary/aromatic N) is 4. The predicted octanol–water partition coefficient (Wildman–Crippen LogP) is 4.82. The molecule has 2 aliphatic rings. The summed E-state index contributed by atoms with van der Waals surface area (Å²) in [6, 6.07) is 4.90. The summed E-state index contributed by atoms with van der Waals surface area (Å²) in [5, 5.41) is 3.59. The lowest BCUT2D eigenvalue weighted by Gasteiger charge is -2.28. The average Bonchev–Trinajstić information content (AvgIpc) is 3.44. The molecule has 10 nitrogen and oxygen atoms in total. The summed E-state index contributed by atoms with van der Waals surface area (Å²) in [4.78, 5) is 60.7. The predicted molar refractivity (Wildman–Crippen MR) is 157 cm³/mol.